The molecule has 0 amide bonds. The van der Waals surface area contributed by atoms with Gasteiger partial charge in [-0.3, -0.25) is 0 Å². The van der Waals surface area contributed by atoms with Crippen LogP contribution in [0, 0.1) is 0 Å². The van der Waals surface area contributed by atoms with E-state index < -0.39 is 18.2 Å². The van der Waals surface area contributed by atoms with Crippen molar-refractivity contribution in [2.24, 2.45) is 11.5 Å². The minimum absolute atomic E-state index is 0.199. The summed E-state index contributed by atoms with van der Waals surface area (Å²) in [5, 5.41) is 22.3. The van der Waals surface area contributed by atoms with E-state index in [1.54, 1.807) is 31.2 Å². The van der Waals surface area contributed by atoms with Gasteiger partial charge in [-0.1, -0.05) is 17.3 Å². The first-order valence-corrected chi connectivity index (χ1v) is 6.28. The molecular weight excluding hydrogens is 260 g/mol. The molecule has 0 saturated carbocycles. The second kappa shape index (κ2) is 6.00. The van der Waals surface area contributed by atoms with Gasteiger partial charge in [0.15, 0.2) is 5.82 Å². The fraction of sp³-hybridized carbons (Fsp3) is 0.385. The normalized spacial score (nSPS) is 15.8. The Bertz CT molecular complexity index is 553. The fourth-order valence-corrected chi connectivity index (χ4v) is 1.72. The summed E-state index contributed by atoms with van der Waals surface area (Å²) in [5.41, 5.74) is 12.6. The van der Waals surface area contributed by atoms with E-state index in [0.717, 1.165) is 5.56 Å². The van der Waals surface area contributed by atoms with E-state index in [4.69, 9.17) is 16.0 Å². The predicted molar refractivity (Wildman–Crippen MR) is 71.6 cm³/mol. The Morgan fingerprint density at radius 2 is 1.90 bits per heavy atom. The van der Waals surface area contributed by atoms with E-state index in [2.05, 4.69) is 10.1 Å². The second-order valence-corrected chi connectivity index (χ2v) is 4.73. The van der Waals surface area contributed by atoms with Crippen LogP contribution in [0.3, 0.4) is 0 Å². The lowest BCUT2D eigenvalue weighted by Crippen LogP contribution is -2.24. The van der Waals surface area contributed by atoms with Crippen molar-refractivity contribution in [1.82, 2.24) is 10.1 Å². The number of aliphatic hydroxyl groups excluding tert-OH is 1. The summed E-state index contributed by atoms with van der Waals surface area (Å²) in [5.74, 6) is 0.700. The van der Waals surface area contributed by atoms with Crippen LogP contribution < -0.4 is 11.5 Å². The molecule has 0 saturated heterocycles. The van der Waals surface area contributed by atoms with Crippen LogP contribution in [0.15, 0.2) is 28.8 Å². The van der Waals surface area contributed by atoms with Gasteiger partial charge in [-0.2, -0.15) is 4.98 Å². The number of aromatic nitrogens is 2. The number of rotatable bonds is 5. The molecule has 0 spiro atoms. The standard InChI is InChI=1S/C13H18N4O3/c1-7(18)11(15)12-16-13(20-17-12)10(14)6-8-2-4-9(19)5-3-8/h2-5,7,10-11,18-19H,6,14-15H2,1H3/t7?,10-,11-/m0/s1. The van der Waals surface area contributed by atoms with Crippen molar-refractivity contribution in [3.8, 4) is 5.75 Å². The number of nitrogens with zero attached hydrogens (tertiary/aromatic N) is 2. The van der Waals surface area contributed by atoms with Crippen LogP contribution in [-0.2, 0) is 6.42 Å². The number of phenolic OH excluding ortho intramolecular Hbond substituents is 1. The molecule has 0 fully saturated rings. The molecule has 0 bridgehead atoms. The zero-order valence-electron chi connectivity index (χ0n) is 11.1. The third kappa shape index (κ3) is 3.32. The van der Waals surface area contributed by atoms with Gasteiger partial charge in [0.05, 0.1) is 18.2 Å². The van der Waals surface area contributed by atoms with Crippen molar-refractivity contribution in [2.45, 2.75) is 31.5 Å². The molecule has 20 heavy (non-hydrogen) atoms. The maximum Gasteiger partial charge on any atom is 0.243 e. The van der Waals surface area contributed by atoms with E-state index in [9.17, 15) is 10.2 Å². The fourth-order valence-electron chi connectivity index (χ4n) is 1.72. The van der Waals surface area contributed by atoms with Crippen molar-refractivity contribution in [2.75, 3.05) is 0 Å². The maximum absolute atomic E-state index is 9.38. The molecule has 0 aliphatic rings. The summed E-state index contributed by atoms with van der Waals surface area (Å²) in [4.78, 5) is 4.11. The molecular formula is C13H18N4O3. The average Bonchev–Trinajstić information content (AvgIpc) is 2.90. The lowest BCUT2D eigenvalue weighted by Gasteiger charge is -2.09. The van der Waals surface area contributed by atoms with E-state index in [1.807, 2.05) is 0 Å². The monoisotopic (exact) mass is 278 g/mol. The number of hydrogen-bond acceptors (Lipinski definition) is 7. The van der Waals surface area contributed by atoms with Crippen molar-refractivity contribution >= 4 is 0 Å². The quantitative estimate of drug-likeness (QED) is 0.622. The van der Waals surface area contributed by atoms with Gasteiger partial charge in [-0.25, -0.2) is 0 Å². The van der Waals surface area contributed by atoms with Crippen LogP contribution in [0.25, 0.3) is 0 Å². The van der Waals surface area contributed by atoms with Gasteiger partial charge in [-0.15, -0.1) is 0 Å². The van der Waals surface area contributed by atoms with Crippen molar-refractivity contribution in [3.63, 3.8) is 0 Å². The Morgan fingerprint density at radius 3 is 2.50 bits per heavy atom. The van der Waals surface area contributed by atoms with E-state index in [-0.39, 0.29) is 17.5 Å². The van der Waals surface area contributed by atoms with Crippen LogP contribution in [-0.4, -0.2) is 26.5 Å². The zero-order chi connectivity index (χ0) is 14.7. The van der Waals surface area contributed by atoms with Crippen molar-refractivity contribution < 1.29 is 14.7 Å². The number of nitrogens with two attached hydrogens (primary N) is 2. The lowest BCUT2D eigenvalue weighted by atomic mass is 10.1. The minimum atomic E-state index is -0.770. The van der Waals surface area contributed by atoms with Crippen LogP contribution in [0.2, 0.25) is 0 Å². The first-order valence-electron chi connectivity index (χ1n) is 6.28. The maximum atomic E-state index is 9.38. The Hall–Kier alpha value is -1.96. The van der Waals surface area contributed by atoms with Gasteiger partial charge < -0.3 is 26.2 Å². The summed E-state index contributed by atoms with van der Waals surface area (Å²) in [6.07, 6.45) is -0.278. The summed E-state index contributed by atoms with van der Waals surface area (Å²) in [7, 11) is 0. The molecule has 1 aromatic carbocycles. The van der Waals surface area contributed by atoms with Gasteiger partial charge >= 0.3 is 0 Å². The van der Waals surface area contributed by atoms with Crippen LogP contribution in [0.1, 0.15) is 36.3 Å². The Balaban J connectivity index is 2.06. The highest BCUT2D eigenvalue weighted by Crippen LogP contribution is 2.18. The Morgan fingerprint density at radius 1 is 1.25 bits per heavy atom. The molecule has 2 rings (SSSR count). The van der Waals surface area contributed by atoms with Gasteiger partial charge in [0.2, 0.25) is 5.89 Å². The van der Waals surface area contributed by atoms with Gasteiger partial charge in [0.1, 0.15) is 5.75 Å². The molecule has 1 unspecified atom stereocenters. The molecule has 108 valence electrons. The number of aromatic hydroxyl groups is 1. The third-order valence-electron chi connectivity index (χ3n) is 2.98. The highest BCUT2D eigenvalue weighted by atomic mass is 16.5. The molecule has 7 nitrogen and oxygen atoms in total. The molecule has 2 aromatic rings. The van der Waals surface area contributed by atoms with Crippen LogP contribution in [0.4, 0.5) is 0 Å². The van der Waals surface area contributed by atoms with Crippen LogP contribution >= 0.6 is 0 Å². The average molecular weight is 278 g/mol. The topological polar surface area (TPSA) is 131 Å². The minimum Gasteiger partial charge on any atom is -0.508 e. The highest BCUT2D eigenvalue weighted by molar-refractivity contribution is 5.26. The van der Waals surface area contributed by atoms with Crippen LogP contribution in [0.5, 0.6) is 5.75 Å². The second-order valence-electron chi connectivity index (χ2n) is 4.73. The largest absolute Gasteiger partial charge is 0.508 e. The van der Waals surface area contributed by atoms with E-state index in [0.29, 0.717) is 6.42 Å². The van der Waals surface area contributed by atoms with Gasteiger partial charge in [0.25, 0.3) is 0 Å². The highest BCUT2D eigenvalue weighted by Gasteiger charge is 2.21. The molecule has 6 N–H and O–H groups in total. The molecule has 7 heteroatoms. The van der Waals surface area contributed by atoms with Crippen molar-refractivity contribution in [1.29, 1.82) is 0 Å². The number of phenols is 1. The molecule has 0 radical (unpaired) electrons. The SMILES string of the molecule is CC(O)[C@H](N)c1noc([C@@H](N)Cc2ccc(O)cc2)n1. The summed E-state index contributed by atoms with van der Waals surface area (Å²) in [6, 6.07) is 5.55. The van der Waals surface area contributed by atoms with Crippen molar-refractivity contribution in [3.05, 3.63) is 41.5 Å². The molecule has 1 aromatic heterocycles. The first kappa shape index (κ1) is 14.4. The molecule has 0 aliphatic heterocycles. The summed E-state index contributed by atoms with van der Waals surface area (Å²) < 4.78 is 5.07. The zero-order valence-corrected chi connectivity index (χ0v) is 11.1. The number of benzene rings is 1. The summed E-state index contributed by atoms with van der Waals surface area (Å²) in [6.45, 7) is 1.55. The third-order valence-corrected chi connectivity index (χ3v) is 2.98. The smallest absolute Gasteiger partial charge is 0.243 e. The van der Waals surface area contributed by atoms with Gasteiger partial charge in [0, 0.05) is 0 Å². The van der Waals surface area contributed by atoms with E-state index >= 15 is 0 Å². The number of aliphatic hydroxyl groups is 1. The molecule has 0 aliphatic carbocycles. The summed E-state index contributed by atoms with van der Waals surface area (Å²) >= 11 is 0. The molecule has 1 heterocycles. The predicted octanol–water partition coefficient (Wildman–Crippen LogP) is 0.398. The van der Waals surface area contributed by atoms with E-state index in [1.165, 1.54) is 0 Å². The lowest BCUT2D eigenvalue weighted by molar-refractivity contribution is 0.159. The Kier molecular flexibility index (Phi) is 4.33. The Labute approximate surface area is 116 Å². The molecule has 3 atom stereocenters. The van der Waals surface area contributed by atoms with Gasteiger partial charge in [-0.05, 0) is 31.0 Å². The first-order chi connectivity index (χ1) is 9.47. The number of hydrogen-bond donors (Lipinski definition) is 4.